The number of aryl methyl sites for hydroxylation is 4. The number of H-pyrrole nitrogens is 2. The normalized spacial score (nSPS) is 11.6. The van der Waals surface area contributed by atoms with Crippen molar-refractivity contribution in [2.75, 3.05) is 0 Å². The monoisotopic (exact) mass is 886 g/mol. The van der Waals surface area contributed by atoms with Crippen molar-refractivity contribution in [1.29, 1.82) is 0 Å². The number of aromatic amines is 2. The van der Waals surface area contributed by atoms with Crippen LogP contribution in [0.15, 0.2) is 49.1 Å². The molecular formula is C44H50Cl4N12. The summed E-state index contributed by atoms with van der Waals surface area (Å²) >= 11 is 0. The second-order valence-corrected chi connectivity index (χ2v) is 14.2. The van der Waals surface area contributed by atoms with Gasteiger partial charge in [0.15, 0.2) is 0 Å². The highest BCUT2D eigenvalue weighted by Gasteiger charge is 2.24. The van der Waals surface area contributed by atoms with Crippen LogP contribution in [-0.2, 0) is 26.2 Å². The highest BCUT2D eigenvalue weighted by molar-refractivity contribution is 5.98. The van der Waals surface area contributed by atoms with Crippen molar-refractivity contribution in [2.24, 2.45) is 0 Å². The number of fused-ring (bicyclic) bond motifs is 8. The minimum atomic E-state index is 0. The first-order valence-electron chi connectivity index (χ1n) is 19.5. The van der Waals surface area contributed by atoms with Gasteiger partial charge in [-0.15, -0.1) is 49.6 Å². The van der Waals surface area contributed by atoms with Crippen LogP contribution in [0.1, 0.15) is 73.8 Å². The van der Waals surface area contributed by atoms with Crippen molar-refractivity contribution in [3.63, 3.8) is 0 Å². The molecular weight excluding hydrogens is 838 g/mol. The number of hydrogen-bond acceptors (Lipinski definition) is 6. The molecule has 16 heteroatoms. The first kappa shape index (κ1) is 45.7. The second-order valence-electron chi connectivity index (χ2n) is 14.2. The van der Waals surface area contributed by atoms with Gasteiger partial charge in [0.25, 0.3) is 0 Å². The summed E-state index contributed by atoms with van der Waals surface area (Å²) in [7, 11) is 0. The number of halogens is 4. The molecule has 314 valence electrons. The van der Waals surface area contributed by atoms with Gasteiger partial charge in [-0.3, -0.25) is 0 Å². The second kappa shape index (κ2) is 18.1. The maximum atomic E-state index is 5.47. The van der Waals surface area contributed by atoms with E-state index in [0.717, 1.165) is 139 Å². The zero-order chi connectivity index (χ0) is 38.8. The molecule has 2 N–H and O–H groups in total. The van der Waals surface area contributed by atoms with E-state index in [1.807, 2.05) is 24.8 Å². The van der Waals surface area contributed by atoms with E-state index >= 15 is 0 Å². The predicted molar refractivity (Wildman–Crippen MR) is 254 cm³/mol. The maximum absolute atomic E-state index is 5.47. The Bertz CT molecular complexity index is 2550. The van der Waals surface area contributed by atoms with Gasteiger partial charge < -0.3 is 28.2 Å². The predicted octanol–water partition coefficient (Wildman–Crippen LogP) is 11.1. The zero-order valence-electron chi connectivity index (χ0n) is 34.9. The first-order valence-corrected chi connectivity index (χ1v) is 19.5. The lowest BCUT2D eigenvalue weighted by Gasteiger charge is -2.11. The van der Waals surface area contributed by atoms with Crippen LogP contribution in [0.3, 0.4) is 0 Å². The number of aromatic nitrogens is 12. The van der Waals surface area contributed by atoms with Crippen molar-refractivity contribution in [3.05, 3.63) is 95.1 Å². The lowest BCUT2D eigenvalue weighted by atomic mass is 10.1. The first-order chi connectivity index (χ1) is 27.2. The Morgan fingerprint density at radius 3 is 0.800 bits per heavy atom. The van der Waals surface area contributed by atoms with Gasteiger partial charge in [-0.2, -0.15) is 0 Å². The summed E-state index contributed by atoms with van der Waals surface area (Å²) in [6, 6.07) is 8.61. The van der Waals surface area contributed by atoms with Crippen LogP contribution in [-0.4, -0.2) is 58.1 Å². The van der Waals surface area contributed by atoms with Crippen LogP contribution in [0.25, 0.3) is 91.4 Å². The van der Waals surface area contributed by atoms with Crippen LogP contribution in [0.4, 0.5) is 0 Å². The molecule has 0 saturated carbocycles. The fourth-order valence-electron chi connectivity index (χ4n) is 8.55. The van der Waals surface area contributed by atoms with Gasteiger partial charge in [0.2, 0.25) is 0 Å². The molecule has 7 aromatic rings. The molecule has 8 bridgehead atoms. The Balaban J connectivity index is 0.00000171. The molecule has 0 unspecified atom stereocenters. The largest absolute Gasteiger partial charge is 0.354 e. The summed E-state index contributed by atoms with van der Waals surface area (Å²) in [6.07, 6.45) is 16.3. The quantitative estimate of drug-likeness (QED) is 0.156. The lowest BCUT2D eigenvalue weighted by Crippen LogP contribution is -2.02. The highest BCUT2D eigenvalue weighted by atomic mass is 35.5. The van der Waals surface area contributed by atoms with E-state index < -0.39 is 0 Å². The summed E-state index contributed by atoms with van der Waals surface area (Å²) in [6.45, 7) is 19.9. The molecule has 2 aliphatic heterocycles. The lowest BCUT2D eigenvalue weighted by molar-refractivity contribution is 0.737. The smallest absolute Gasteiger partial charge is 0.105 e. The molecule has 0 aromatic carbocycles. The molecule has 0 aliphatic carbocycles. The minimum Gasteiger partial charge on any atom is -0.354 e. The van der Waals surface area contributed by atoms with Crippen LogP contribution in [0, 0.1) is 27.7 Å². The molecule has 2 aliphatic rings. The number of rotatable bonds is 8. The molecule has 60 heavy (non-hydrogen) atoms. The average molecular weight is 889 g/mol. The molecule has 7 aromatic heterocycles. The number of nitrogens with one attached hydrogen (secondary N) is 2. The molecule has 0 atom stereocenters. The fraction of sp³-hybridized carbons (Fsp3) is 0.273. The van der Waals surface area contributed by atoms with Gasteiger partial charge in [-0.05, 0) is 104 Å². The van der Waals surface area contributed by atoms with E-state index in [9.17, 15) is 0 Å². The van der Waals surface area contributed by atoms with E-state index in [1.165, 1.54) is 0 Å². The van der Waals surface area contributed by atoms with Gasteiger partial charge in [0.05, 0.1) is 92.4 Å². The third kappa shape index (κ3) is 7.29. The summed E-state index contributed by atoms with van der Waals surface area (Å²) in [5.74, 6) is 3.79. The number of nitrogens with zero attached hydrogens (tertiary/aromatic N) is 10. The SMILES string of the molecule is CCn1c(-c2c3nc(c(-c4cnc(C)n4CC)c4ccc([nH]4)c(-c4cnc(C)n4CC)c4nc(c(-c5cnc(C)n5CC)c5ccc2[nH]5)C=C4)C=C3)cnc1C.Cl.Cl.Cl.Cl. The van der Waals surface area contributed by atoms with Crippen LogP contribution in [0.2, 0.25) is 0 Å². The van der Waals surface area contributed by atoms with Crippen LogP contribution < -0.4 is 0 Å². The standard InChI is InChI=1S/C44H46N12.4ClH/c1-9-53-25(5)45-21-37(53)41-29-13-15-31(49-29)42(38-22-46-26(6)54(38)10-2)33-17-19-35(51-33)44(40-24-48-28(8)56(40)12-4)36-20-18-34(52-36)43(32-16-14-30(41)50-32)39-23-47-27(7)55(39)11-3;;;;/h13-24,49,52H,9-12H2,1-8H3;4*1H. The minimum absolute atomic E-state index is 0. The Morgan fingerprint density at radius 1 is 0.383 bits per heavy atom. The highest BCUT2D eigenvalue weighted by Crippen LogP contribution is 2.39. The Kier molecular flexibility index (Phi) is 13.8. The van der Waals surface area contributed by atoms with Crippen molar-refractivity contribution in [1.82, 2.24) is 58.1 Å². The summed E-state index contributed by atoms with van der Waals surface area (Å²) in [4.78, 5) is 37.8. The van der Waals surface area contributed by atoms with Gasteiger partial charge in [0, 0.05) is 48.4 Å². The molecule has 9 rings (SSSR count). The van der Waals surface area contributed by atoms with Crippen molar-refractivity contribution in [2.45, 2.75) is 81.6 Å². The van der Waals surface area contributed by atoms with Gasteiger partial charge >= 0.3 is 0 Å². The van der Waals surface area contributed by atoms with E-state index in [0.29, 0.717) is 0 Å². The Hall–Kier alpha value is -5.40. The Morgan fingerprint density at radius 2 is 0.600 bits per heavy atom. The molecule has 0 amide bonds. The van der Waals surface area contributed by atoms with Gasteiger partial charge in [-0.1, -0.05) is 0 Å². The summed E-state index contributed by atoms with van der Waals surface area (Å²) < 4.78 is 8.97. The molecule has 0 radical (unpaired) electrons. The van der Waals surface area contributed by atoms with E-state index in [4.69, 9.17) is 29.9 Å². The third-order valence-electron chi connectivity index (χ3n) is 11.3. The van der Waals surface area contributed by atoms with Crippen LogP contribution in [0.5, 0.6) is 0 Å². The average Bonchev–Trinajstić information content (AvgIpc) is 4.05. The summed E-state index contributed by atoms with van der Waals surface area (Å²) in [5.41, 5.74) is 15.0. The maximum Gasteiger partial charge on any atom is 0.105 e. The zero-order valence-corrected chi connectivity index (χ0v) is 38.1. The number of imidazole rings is 4. The van der Waals surface area contributed by atoms with E-state index in [2.05, 4.69) is 132 Å². The van der Waals surface area contributed by atoms with Crippen molar-refractivity contribution < 1.29 is 0 Å². The molecule has 0 saturated heterocycles. The van der Waals surface area contributed by atoms with Gasteiger partial charge in [-0.25, -0.2) is 29.9 Å². The third-order valence-corrected chi connectivity index (χ3v) is 11.3. The molecule has 9 heterocycles. The van der Waals surface area contributed by atoms with Gasteiger partial charge in [0.1, 0.15) is 23.3 Å². The van der Waals surface area contributed by atoms with Crippen molar-refractivity contribution >= 4 is 96.0 Å². The van der Waals surface area contributed by atoms with Crippen LogP contribution >= 0.6 is 49.6 Å². The van der Waals surface area contributed by atoms with E-state index in [1.54, 1.807) is 0 Å². The number of hydrogen-bond donors (Lipinski definition) is 2. The van der Waals surface area contributed by atoms with Crippen molar-refractivity contribution in [3.8, 4) is 45.0 Å². The van der Waals surface area contributed by atoms with E-state index in [-0.39, 0.29) is 49.6 Å². The summed E-state index contributed by atoms with van der Waals surface area (Å²) in [5, 5.41) is 0. The molecule has 12 nitrogen and oxygen atoms in total. The molecule has 0 fully saturated rings. The Labute approximate surface area is 374 Å². The topological polar surface area (TPSA) is 129 Å². The fourth-order valence-corrected chi connectivity index (χ4v) is 8.55. The molecule has 0 spiro atoms.